The number of aryl methyl sites for hydroxylation is 1. The molecule has 90 valence electrons. The van der Waals surface area contributed by atoms with Crippen molar-refractivity contribution >= 4 is 0 Å². The number of phenolic OH excluding ortho intramolecular Hbond substituents is 2. The highest BCUT2D eigenvalue weighted by Crippen LogP contribution is 2.31. The van der Waals surface area contributed by atoms with Gasteiger partial charge in [0.2, 0.25) is 0 Å². The van der Waals surface area contributed by atoms with E-state index in [-0.39, 0.29) is 11.5 Å². The first-order valence-electron chi connectivity index (χ1n) is 6.17. The number of aromatic hydroxyl groups is 2. The summed E-state index contributed by atoms with van der Waals surface area (Å²) in [5.74, 6) is 0.0123. The van der Waals surface area contributed by atoms with Crippen LogP contribution in [0.2, 0.25) is 0 Å². The fraction of sp³-hybridized carbons (Fsp3) is 0.571. The third kappa shape index (κ3) is 3.44. The van der Waals surface area contributed by atoms with Gasteiger partial charge in [-0.05, 0) is 37.0 Å². The highest BCUT2D eigenvalue weighted by molar-refractivity contribution is 5.48. The molecule has 1 rings (SSSR count). The zero-order chi connectivity index (χ0) is 12.0. The van der Waals surface area contributed by atoms with Crippen LogP contribution in [-0.2, 0) is 6.42 Å². The third-order valence-electron chi connectivity index (χ3n) is 3.07. The molecular weight excluding hydrogens is 200 g/mol. The number of hydrogen-bond acceptors (Lipinski definition) is 2. The zero-order valence-electron chi connectivity index (χ0n) is 10.3. The quantitative estimate of drug-likeness (QED) is 0.565. The smallest absolute Gasteiger partial charge is 0.160 e. The molecule has 16 heavy (non-hydrogen) atoms. The molecule has 0 aromatic heterocycles. The normalized spacial score (nSPS) is 10.6. The van der Waals surface area contributed by atoms with Crippen molar-refractivity contribution in [2.24, 2.45) is 0 Å². The fourth-order valence-electron chi connectivity index (χ4n) is 1.92. The first-order valence-corrected chi connectivity index (χ1v) is 6.17. The first kappa shape index (κ1) is 12.9. The zero-order valence-corrected chi connectivity index (χ0v) is 10.3. The fourth-order valence-corrected chi connectivity index (χ4v) is 1.92. The van der Waals surface area contributed by atoms with Crippen LogP contribution in [0.15, 0.2) is 12.1 Å². The topological polar surface area (TPSA) is 40.5 Å². The number of hydrogen-bond donors (Lipinski definition) is 2. The summed E-state index contributed by atoms with van der Waals surface area (Å²) in [6.07, 6.45) is 7.25. The SMILES string of the molecule is CCCCCCCc1ccc(O)c(O)c1C. The monoisotopic (exact) mass is 222 g/mol. The summed E-state index contributed by atoms with van der Waals surface area (Å²) >= 11 is 0. The summed E-state index contributed by atoms with van der Waals surface area (Å²) in [6, 6.07) is 3.48. The molecule has 0 spiro atoms. The van der Waals surface area contributed by atoms with Crippen molar-refractivity contribution in [1.82, 2.24) is 0 Å². The standard InChI is InChI=1S/C14H22O2/c1-3-4-5-6-7-8-12-9-10-13(15)14(16)11(12)2/h9-10,15-16H,3-8H2,1-2H3. The van der Waals surface area contributed by atoms with Crippen molar-refractivity contribution in [3.63, 3.8) is 0 Å². The van der Waals surface area contributed by atoms with Crippen molar-refractivity contribution < 1.29 is 10.2 Å². The van der Waals surface area contributed by atoms with Gasteiger partial charge in [-0.2, -0.15) is 0 Å². The maximum atomic E-state index is 9.58. The van der Waals surface area contributed by atoms with Crippen LogP contribution in [0, 0.1) is 6.92 Å². The van der Waals surface area contributed by atoms with E-state index in [4.69, 9.17) is 0 Å². The van der Waals surface area contributed by atoms with Crippen molar-refractivity contribution in [3.8, 4) is 11.5 Å². The Morgan fingerprint density at radius 2 is 1.69 bits per heavy atom. The van der Waals surface area contributed by atoms with Crippen molar-refractivity contribution in [2.75, 3.05) is 0 Å². The minimum absolute atomic E-state index is 0.0211. The lowest BCUT2D eigenvalue weighted by Crippen LogP contribution is -1.91. The van der Waals surface area contributed by atoms with Gasteiger partial charge in [0.15, 0.2) is 11.5 Å². The Kier molecular flexibility index (Phi) is 5.17. The van der Waals surface area contributed by atoms with Crippen LogP contribution in [0.3, 0.4) is 0 Å². The lowest BCUT2D eigenvalue weighted by molar-refractivity contribution is 0.400. The van der Waals surface area contributed by atoms with Gasteiger partial charge < -0.3 is 10.2 Å². The van der Waals surface area contributed by atoms with Gasteiger partial charge in [0, 0.05) is 0 Å². The molecule has 0 amide bonds. The van der Waals surface area contributed by atoms with Crippen LogP contribution in [0.1, 0.15) is 50.2 Å². The molecule has 0 unspecified atom stereocenters. The summed E-state index contributed by atoms with van der Waals surface area (Å²) in [6.45, 7) is 4.07. The molecule has 1 aromatic carbocycles. The molecule has 0 heterocycles. The van der Waals surface area contributed by atoms with Crippen molar-refractivity contribution in [1.29, 1.82) is 0 Å². The molecule has 0 atom stereocenters. The highest BCUT2D eigenvalue weighted by atomic mass is 16.3. The third-order valence-corrected chi connectivity index (χ3v) is 3.07. The average molecular weight is 222 g/mol. The molecule has 2 heteroatoms. The molecule has 0 radical (unpaired) electrons. The number of phenols is 2. The second-order valence-corrected chi connectivity index (χ2v) is 4.38. The molecule has 0 aliphatic rings. The molecule has 2 nitrogen and oxygen atoms in total. The first-order chi connectivity index (χ1) is 7.66. The van der Waals surface area contributed by atoms with Gasteiger partial charge in [0.05, 0.1) is 0 Å². The van der Waals surface area contributed by atoms with Crippen molar-refractivity contribution in [3.05, 3.63) is 23.3 Å². The van der Waals surface area contributed by atoms with Gasteiger partial charge >= 0.3 is 0 Å². The van der Waals surface area contributed by atoms with Gasteiger partial charge in [0.1, 0.15) is 0 Å². The Labute approximate surface area is 97.9 Å². The van der Waals surface area contributed by atoms with Gasteiger partial charge in [0.25, 0.3) is 0 Å². The van der Waals surface area contributed by atoms with Crippen LogP contribution in [0.4, 0.5) is 0 Å². The Bertz CT molecular complexity index is 332. The minimum atomic E-state index is -0.0211. The molecule has 0 aliphatic carbocycles. The predicted octanol–water partition coefficient (Wildman–Crippen LogP) is 3.92. The lowest BCUT2D eigenvalue weighted by Gasteiger charge is -2.08. The van der Waals surface area contributed by atoms with E-state index in [0.717, 1.165) is 24.0 Å². The molecule has 1 aromatic rings. The molecule has 2 N–H and O–H groups in total. The molecule has 0 saturated heterocycles. The van der Waals surface area contributed by atoms with E-state index < -0.39 is 0 Å². The minimum Gasteiger partial charge on any atom is -0.504 e. The molecule has 0 bridgehead atoms. The van der Waals surface area contributed by atoms with Crippen LogP contribution < -0.4 is 0 Å². The maximum absolute atomic E-state index is 9.58. The Morgan fingerprint density at radius 1 is 1.00 bits per heavy atom. The maximum Gasteiger partial charge on any atom is 0.160 e. The molecule has 0 saturated carbocycles. The van der Waals surface area contributed by atoms with Crippen LogP contribution in [0.5, 0.6) is 11.5 Å². The Hall–Kier alpha value is -1.18. The van der Waals surface area contributed by atoms with Gasteiger partial charge in [-0.3, -0.25) is 0 Å². The van der Waals surface area contributed by atoms with E-state index in [0.29, 0.717) is 0 Å². The molecule has 0 fully saturated rings. The van der Waals surface area contributed by atoms with Gasteiger partial charge in [-0.25, -0.2) is 0 Å². The van der Waals surface area contributed by atoms with Crippen LogP contribution >= 0.6 is 0 Å². The van der Waals surface area contributed by atoms with Crippen molar-refractivity contribution in [2.45, 2.75) is 52.4 Å². The summed E-state index contributed by atoms with van der Waals surface area (Å²) in [5, 5.41) is 18.9. The van der Waals surface area contributed by atoms with E-state index in [9.17, 15) is 10.2 Å². The van der Waals surface area contributed by atoms with Crippen LogP contribution in [-0.4, -0.2) is 10.2 Å². The van der Waals surface area contributed by atoms with Gasteiger partial charge in [-0.15, -0.1) is 0 Å². The van der Waals surface area contributed by atoms with E-state index in [1.165, 1.54) is 25.7 Å². The van der Waals surface area contributed by atoms with E-state index in [1.54, 1.807) is 6.07 Å². The summed E-state index contributed by atoms with van der Waals surface area (Å²) in [5.41, 5.74) is 1.96. The lowest BCUT2D eigenvalue weighted by atomic mass is 10.0. The Morgan fingerprint density at radius 3 is 2.38 bits per heavy atom. The predicted molar refractivity (Wildman–Crippen MR) is 67.0 cm³/mol. The Balaban J connectivity index is 2.45. The van der Waals surface area contributed by atoms with Gasteiger partial charge in [-0.1, -0.05) is 38.7 Å². The molecule has 0 aliphatic heterocycles. The van der Waals surface area contributed by atoms with E-state index in [2.05, 4.69) is 6.92 Å². The number of benzene rings is 1. The molecular formula is C14H22O2. The van der Waals surface area contributed by atoms with Crippen LogP contribution in [0.25, 0.3) is 0 Å². The summed E-state index contributed by atoms with van der Waals surface area (Å²) in [4.78, 5) is 0. The largest absolute Gasteiger partial charge is 0.504 e. The number of unbranched alkanes of at least 4 members (excludes halogenated alkanes) is 4. The highest BCUT2D eigenvalue weighted by Gasteiger charge is 2.07. The van der Waals surface area contributed by atoms with E-state index >= 15 is 0 Å². The number of rotatable bonds is 6. The summed E-state index contributed by atoms with van der Waals surface area (Å²) < 4.78 is 0. The summed E-state index contributed by atoms with van der Waals surface area (Å²) in [7, 11) is 0. The van der Waals surface area contributed by atoms with E-state index in [1.807, 2.05) is 13.0 Å². The average Bonchev–Trinajstić information content (AvgIpc) is 2.28. The second-order valence-electron chi connectivity index (χ2n) is 4.38. The second kappa shape index (κ2) is 6.41.